The molecule has 0 unspecified atom stereocenters. The van der Waals surface area contributed by atoms with Crippen LogP contribution in [0.2, 0.25) is 0 Å². The number of fused-ring (bicyclic) bond motifs is 3. The van der Waals surface area contributed by atoms with Crippen molar-refractivity contribution < 1.29 is 14.7 Å². The van der Waals surface area contributed by atoms with Crippen LogP contribution >= 0.6 is 0 Å². The molecule has 0 radical (unpaired) electrons. The van der Waals surface area contributed by atoms with Gasteiger partial charge < -0.3 is 9.90 Å². The molecule has 2 saturated carbocycles. The van der Waals surface area contributed by atoms with Crippen LogP contribution in [0.15, 0.2) is 11.1 Å². The second-order valence-electron chi connectivity index (χ2n) is 7.48. The summed E-state index contributed by atoms with van der Waals surface area (Å²) in [5.41, 5.74) is 2.34. The van der Waals surface area contributed by atoms with Gasteiger partial charge in [-0.15, -0.1) is 0 Å². The molecule has 3 heteroatoms. The van der Waals surface area contributed by atoms with E-state index in [1.807, 2.05) is 0 Å². The van der Waals surface area contributed by atoms with Gasteiger partial charge in [0, 0.05) is 12.8 Å². The lowest BCUT2D eigenvalue weighted by atomic mass is 9.58. The van der Waals surface area contributed by atoms with Gasteiger partial charge in [0.2, 0.25) is 0 Å². The first kappa shape index (κ1) is 15.0. The molecule has 0 aromatic rings. The molecule has 0 aromatic carbocycles. The number of hydrogen-bond donors (Lipinski definition) is 1. The van der Waals surface area contributed by atoms with E-state index in [4.69, 9.17) is 0 Å². The topological polar surface area (TPSA) is 54.4 Å². The zero-order chi connectivity index (χ0) is 15.2. The van der Waals surface area contributed by atoms with Crippen LogP contribution in [0.3, 0.4) is 0 Å². The lowest BCUT2D eigenvalue weighted by Crippen LogP contribution is -2.42. The van der Waals surface area contributed by atoms with Crippen molar-refractivity contribution in [2.75, 3.05) is 0 Å². The van der Waals surface area contributed by atoms with E-state index in [9.17, 15) is 14.7 Å². The fourth-order valence-corrected chi connectivity index (χ4v) is 5.06. The highest BCUT2D eigenvalue weighted by Gasteiger charge is 2.53. The van der Waals surface area contributed by atoms with Gasteiger partial charge in [-0.3, -0.25) is 4.79 Å². The number of allylic oxidation sites excluding steroid dienone is 2. The van der Waals surface area contributed by atoms with Crippen LogP contribution < -0.4 is 0 Å². The quantitative estimate of drug-likeness (QED) is 0.868. The summed E-state index contributed by atoms with van der Waals surface area (Å²) in [6.45, 7) is 3.83. The van der Waals surface area contributed by atoms with Crippen LogP contribution in [0.1, 0.15) is 65.2 Å². The molecule has 3 aliphatic rings. The number of carbonyl (C=O) groups excluding carboxylic acids is 2. The Kier molecular flexibility index (Phi) is 3.81. The lowest BCUT2D eigenvalue weighted by molar-refractivity contribution is -0.117. The molecule has 0 saturated heterocycles. The van der Waals surface area contributed by atoms with Gasteiger partial charge in [0.1, 0.15) is 5.78 Å². The number of hydrogen-bond acceptors (Lipinski definition) is 3. The Morgan fingerprint density at radius 2 is 2.05 bits per heavy atom. The highest BCUT2D eigenvalue weighted by molar-refractivity contribution is 5.97. The second kappa shape index (κ2) is 5.35. The summed E-state index contributed by atoms with van der Waals surface area (Å²) in [5.74, 6) is 1.43. The van der Waals surface area contributed by atoms with Crippen LogP contribution in [0, 0.1) is 17.3 Å². The molecular weight excluding hydrogens is 264 g/mol. The summed E-state index contributed by atoms with van der Waals surface area (Å²) < 4.78 is 0. The van der Waals surface area contributed by atoms with Crippen molar-refractivity contribution in [1.82, 2.24) is 0 Å². The van der Waals surface area contributed by atoms with Gasteiger partial charge in [0.25, 0.3) is 0 Å². The molecule has 0 heterocycles. The van der Waals surface area contributed by atoms with Gasteiger partial charge in [-0.2, -0.15) is 0 Å². The smallest absolute Gasteiger partial charge is 0.158 e. The first-order valence-electron chi connectivity index (χ1n) is 8.36. The van der Waals surface area contributed by atoms with E-state index in [0.29, 0.717) is 31.1 Å². The fourth-order valence-electron chi connectivity index (χ4n) is 5.06. The zero-order valence-electron chi connectivity index (χ0n) is 13.2. The van der Waals surface area contributed by atoms with Crippen molar-refractivity contribution in [3.8, 4) is 0 Å². The number of ketones is 2. The predicted octanol–water partition coefficient (Wildman–Crippen LogP) is 3.20. The molecule has 3 rings (SSSR count). The van der Waals surface area contributed by atoms with Gasteiger partial charge >= 0.3 is 0 Å². The summed E-state index contributed by atoms with van der Waals surface area (Å²) in [4.78, 5) is 23.5. The molecule has 0 spiro atoms. The van der Waals surface area contributed by atoms with Crippen molar-refractivity contribution in [3.63, 3.8) is 0 Å². The van der Waals surface area contributed by atoms with E-state index >= 15 is 0 Å². The van der Waals surface area contributed by atoms with Crippen molar-refractivity contribution >= 4 is 11.6 Å². The predicted molar refractivity (Wildman–Crippen MR) is 80.7 cm³/mol. The summed E-state index contributed by atoms with van der Waals surface area (Å²) in [5, 5.41) is 10.3. The number of Topliss-reactive ketones (excluding diaryl/α,β-unsaturated/α-hetero) is 2. The van der Waals surface area contributed by atoms with E-state index in [1.165, 1.54) is 5.57 Å². The molecule has 3 aliphatic carbocycles. The van der Waals surface area contributed by atoms with E-state index in [2.05, 4.69) is 6.92 Å². The normalized spacial score (nSPS) is 39.2. The van der Waals surface area contributed by atoms with Crippen LogP contribution in [-0.2, 0) is 9.59 Å². The van der Waals surface area contributed by atoms with Crippen molar-refractivity contribution in [2.45, 2.75) is 71.3 Å². The summed E-state index contributed by atoms with van der Waals surface area (Å²) in [7, 11) is 0. The Morgan fingerprint density at radius 3 is 2.76 bits per heavy atom. The third-order valence-corrected chi connectivity index (χ3v) is 6.36. The van der Waals surface area contributed by atoms with Crippen LogP contribution in [0.4, 0.5) is 0 Å². The van der Waals surface area contributed by atoms with Gasteiger partial charge in [0.05, 0.1) is 6.10 Å². The summed E-state index contributed by atoms with van der Waals surface area (Å²) >= 11 is 0. The van der Waals surface area contributed by atoms with Crippen molar-refractivity contribution in [3.05, 3.63) is 11.1 Å². The minimum absolute atomic E-state index is 0.0419. The minimum Gasteiger partial charge on any atom is -0.393 e. The molecule has 2 fully saturated rings. The van der Waals surface area contributed by atoms with Gasteiger partial charge in [-0.1, -0.05) is 12.5 Å². The number of aliphatic hydroxyl groups is 1. The molecule has 3 nitrogen and oxygen atoms in total. The highest BCUT2D eigenvalue weighted by Crippen LogP contribution is 2.58. The van der Waals surface area contributed by atoms with E-state index in [-0.39, 0.29) is 23.1 Å². The molecule has 0 amide bonds. The average Bonchev–Trinajstić information content (AvgIpc) is 2.74. The van der Waals surface area contributed by atoms with Gasteiger partial charge in [-0.25, -0.2) is 0 Å². The van der Waals surface area contributed by atoms with Crippen LogP contribution in [-0.4, -0.2) is 22.8 Å². The maximum atomic E-state index is 12.3. The monoisotopic (exact) mass is 290 g/mol. The standard InChI is InChI=1S/C18H26O3/c1-11(19)3-4-14-12-9-10-18(2)15(6-8-17(18)21)13(12)5-7-16(14)20/h13,15,17,21H,3-10H2,1-2H3/t13-,15+,17+,18+/m1/s1. The van der Waals surface area contributed by atoms with Crippen molar-refractivity contribution in [2.24, 2.45) is 17.3 Å². The molecule has 0 bridgehead atoms. The Hall–Kier alpha value is -0.960. The number of rotatable bonds is 3. The highest BCUT2D eigenvalue weighted by atomic mass is 16.3. The van der Waals surface area contributed by atoms with E-state index < -0.39 is 0 Å². The van der Waals surface area contributed by atoms with E-state index in [0.717, 1.165) is 37.7 Å². The zero-order valence-corrected chi connectivity index (χ0v) is 13.2. The molecule has 0 aromatic heterocycles. The Bertz CT molecular complexity index is 505. The molecular formula is C18H26O3. The first-order valence-corrected chi connectivity index (χ1v) is 8.36. The number of carbonyl (C=O) groups is 2. The van der Waals surface area contributed by atoms with Gasteiger partial charge in [0.15, 0.2) is 5.78 Å². The lowest BCUT2D eigenvalue weighted by Gasteiger charge is -2.47. The third kappa shape index (κ3) is 2.40. The van der Waals surface area contributed by atoms with Crippen LogP contribution in [0.5, 0.6) is 0 Å². The number of aliphatic hydroxyl groups excluding tert-OH is 1. The van der Waals surface area contributed by atoms with Gasteiger partial charge in [-0.05, 0) is 68.3 Å². The summed E-state index contributed by atoms with van der Waals surface area (Å²) in [6, 6.07) is 0. The van der Waals surface area contributed by atoms with Crippen LogP contribution in [0.25, 0.3) is 0 Å². The minimum atomic E-state index is -0.178. The second-order valence-corrected chi connectivity index (χ2v) is 7.48. The Morgan fingerprint density at radius 1 is 1.29 bits per heavy atom. The third-order valence-electron chi connectivity index (χ3n) is 6.36. The molecule has 1 N–H and O–H groups in total. The fraction of sp³-hybridized carbons (Fsp3) is 0.778. The van der Waals surface area contributed by atoms with Crippen molar-refractivity contribution in [1.29, 1.82) is 0 Å². The molecule has 116 valence electrons. The Balaban J connectivity index is 1.90. The van der Waals surface area contributed by atoms with E-state index in [1.54, 1.807) is 6.92 Å². The first-order chi connectivity index (χ1) is 9.93. The molecule has 0 aliphatic heterocycles. The summed E-state index contributed by atoms with van der Waals surface area (Å²) in [6.07, 6.45) is 6.43. The largest absolute Gasteiger partial charge is 0.393 e. The Labute approximate surface area is 126 Å². The molecule has 21 heavy (non-hydrogen) atoms. The SMILES string of the molecule is CC(=O)CCC1=C2CC[C@]3(C)[C@@H](O)CC[C@H]3[C@@H]2CCC1=O. The molecule has 4 atom stereocenters. The average molecular weight is 290 g/mol. The maximum Gasteiger partial charge on any atom is 0.158 e. The maximum absolute atomic E-state index is 12.3.